The van der Waals surface area contributed by atoms with E-state index in [1.807, 2.05) is 20.8 Å². The van der Waals surface area contributed by atoms with Crippen molar-refractivity contribution in [2.24, 2.45) is 11.7 Å². The van der Waals surface area contributed by atoms with Gasteiger partial charge in [0.25, 0.3) is 0 Å². The van der Waals surface area contributed by atoms with Gasteiger partial charge in [0.2, 0.25) is 0 Å². The number of hydrogen-bond acceptors (Lipinski definition) is 5. The van der Waals surface area contributed by atoms with Crippen LogP contribution in [-0.2, 0) is 11.2 Å². The van der Waals surface area contributed by atoms with Gasteiger partial charge < -0.3 is 10.5 Å². The van der Waals surface area contributed by atoms with Crippen molar-refractivity contribution in [2.45, 2.75) is 40.2 Å². The summed E-state index contributed by atoms with van der Waals surface area (Å²) in [5.41, 5.74) is 6.84. The molecule has 1 heterocycles. The lowest BCUT2D eigenvalue weighted by Gasteiger charge is -2.11. The molecule has 0 spiro atoms. The van der Waals surface area contributed by atoms with Crippen LogP contribution in [0.2, 0.25) is 0 Å². The molecule has 0 saturated carbocycles. The fourth-order valence-corrected chi connectivity index (χ4v) is 2.62. The molecule has 0 amide bonds. The second kappa shape index (κ2) is 6.12. The van der Waals surface area contributed by atoms with Crippen molar-refractivity contribution in [1.29, 1.82) is 0 Å². The largest absolute Gasteiger partial charge is 0.462 e. The van der Waals surface area contributed by atoms with Crippen molar-refractivity contribution < 1.29 is 9.53 Å². The number of thiazole rings is 1. The Hall–Kier alpha value is -0.940. The molecule has 1 rings (SSSR count). The van der Waals surface area contributed by atoms with Crippen LogP contribution in [-0.4, -0.2) is 17.6 Å². The number of esters is 1. The molecule has 0 aliphatic rings. The third-order valence-corrected chi connectivity index (χ3v) is 3.69. The minimum atomic E-state index is -0.288. The van der Waals surface area contributed by atoms with Gasteiger partial charge in [0.1, 0.15) is 9.88 Å². The molecule has 1 aromatic rings. The zero-order chi connectivity index (χ0) is 13.0. The fourth-order valence-electron chi connectivity index (χ4n) is 1.39. The molecule has 0 fully saturated rings. The van der Waals surface area contributed by atoms with E-state index in [-0.39, 0.29) is 12.0 Å². The molecule has 5 heteroatoms. The minimum absolute atomic E-state index is 0.117. The van der Waals surface area contributed by atoms with Crippen molar-refractivity contribution in [3.63, 3.8) is 0 Å². The molecule has 0 aliphatic heterocycles. The normalized spacial score (nSPS) is 12.8. The van der Waals surface area contributed by atoms with Crippen LogP contribution in [0, 0.1) is 5.92 Å². The van der Waals surface area contributed by atoms with Crippen LogP contribution in [0.5, 0.6) is 0 Å². The zero-order valence-electron chi connectivity index (χ0n) is 10.8. The highest BCUT2D eigenvalue weighted by Crippen LogP contribution is 2.27. The van der Waals surface area contributed by atoms with Gasteiger partial charge in [-0.05, 0) is 19.3 Å². The Bertz CT molecular complexity index is 388. The zero-order valence-corrected chi connectivity index (χ0v) is 11.6. The van der Waals surface area contributed by atoms with Gasteiger partial charge in [-0.25, -0.2) is 9.78 Å². The second-order valence-electron chi connectivity index (χ2n) is 4.17. The van der Waals surface area contributed by atoms with E-state index < -0.39 is 0 Å². The summed E-state index contributed by atoms with van der Waals surface area (Å²) in [7, 11) is 0. The first-order valence-electron chi connectivity index (χ1n) is 5.93. The molecule has 0 aromatic carbocycles. The van der Waals surface area contributed by atoms with E-state index in [4.69, 9.17) is 10.5 Å². The average Bonchev–Trinajstić information content (AvgIpc) is 2.72. The molecule has 17 heavy (non-hydrogen) atoms. The summed E-state index contributed by atoms with van der Waals surface area (Å²) in [5, 5.41) is 0.819. The van der Waals surface area contributed by atoms with E-state index in [1.165, 1.54) is 11.3 Å². The molecular weight excluding hydrogens is 236 g/mol. The van der Waals surface area contributed by atoms with Crippen molar-refractivity contribution in [1.82, 2.24) is 4.98 Å². The molecule has 0 aliphatic carbocycles. The summed E-state index contributed by atoms with van der Waals surface area (Å²) in [6.07, 6.45) is 0.718. The summed E-state index contributed by atoms with van der Waals surface area (Å²) in [6.45, 7) is 8.24. The van der Waals surface area contributed by atoms with Gasteiger partial charge in [-0.15, -0.1) is 11.3 Å². The van der Waals surface area contributed by atoms with Crippen molar-refractivity contribution >= 4 is 17.3 Å². The van der Waals surface area contributed by atoms with E-state index in [0.29, 0.717) is 17.4 Å². The Morgan fingerprint density at radius 2 is 2.12 bits per heavy atom. The third kappa shape index (κ3) is 3.26. The van der Waals surface area contributed by atoms with E-state index in [1.54, 1.807) is 6.92 Å². The van der Waals surface area contributed by atoms with Gasteiger partial charge >= 0.3 is 5.97 Å². The maximum atomic E-state index is 11.7. The molecular formula is C12H20N2O2S. The summed E-state index contributed by atoms with van der Waals surface area (Å²) in [6, 6.07) is -0.117. The predicted molar refractivity (Wildman–Crippen MR) is 69.2 cm³/mol. The number of aryl methyl sites for hydroxylation is 1. The lowest BCUT2D eigenvalue weighted by atomic mass is 10.1. The Balaban J connectivity index is 3.02. The first kappa shape index (κ1) is 14.1. The topological polar surface area (TPSA) is 65.2 Å². The molecule has 96 valence electrons. The fraction of sp³-hybridized carbons (Fsp3) is 0.667. The quantitative estimate of drug-likeness (QED) is 0.822. The van der Waals surface area contributed by atoms with Crippen molar-refractivity contribution in [3.05, 3.63) is 15.6 Å². The smallest absolute Gasteiger partial charge is 0.350 e. The molecule has 0 saturated heterocycles. The number of nitrogens with two attached hydrogens (primary N) is 1. The van der Waals surface area contributed by atoms with E-state index >= 15 is 0 Å². The highest BCUT2D eigenvalue weighted by Gasteiger charge is 2.22. The Morgan fingerprint density at radius 1 is 1.47 bits per heavy atom. The Morgan fingerprint density at radius 3 is 2.59 bits per heavy atom. The molecule has 0 bridgehead atoms. The van der Waals surface area contributed by atoms with Gasteiger partial charge in [-0.2, -0.15) is 0 Å². The van der Waals surface area contributed by atoms with Crippen molar-refractivity contribution in [3.8, 4) is 0 Å². The lowest BCUT2D eigenvalue weighted by molar-refractivity contribution is 0.0530. The van der Waals surface area contributed by atoms with Crippen LogP contribution in [0.4, 0.5) is 0 Å². The number of aromatic nitrogens is 1. The third-order valence-electron chi connectivity index (χ3n) is 2.51. The van der Waals surface area contributed by atoms with E-state index in [0.717, 1.165) is 17.1 Å². The number of carbonyl (C=O) groups excluding carboxylic acids is 1. The lowest BCUT2D eigenvalue weighted by Crippen LogP contribution is -2.16. The first-order valence-corrected chi connectivity index (χ1v) is 6.75. The standard InChI is InChI=1S/C12H20N2O2S/c1-5-8-10(12(15)16-6-2)17-11(14-8)9(13)7(3)4/h7,9H,5-6,13H2,1-4H3. The van der Waals surface area contributed by atoms with Crippen LogP contribution in [0.3, 0.4) is 0 Å². The summed E-state index contributed by atoms with van der Waals surface area (Å²) >= 11 is 1.36. The number of ether oxygens (including phenoxy) is 1. The minimum Gasteiger partial charge on any atom is -0.462 e. The summed E-state index contributed by atoms with van der Waals surface area (Å²) < 4.78 is 5.01. The summed E-state index contributed by atoms with van der Waals surface area (Å²) in [5.74, 6) is 0.0185. The average molecular weight is 256 g/mol. The van der Waals surface area contributed by atoms with E-state index in [9.17, 15) is 4.79 Å². The van der Waals surface area contributed by atoms with Crippen molar-refractivity contribution in [2.75, 3.05) is 6.61 Å². The van der Waals surface area contributed by atoms with Gasteiger partial charge in [0, 0.05) is 0 Å². The number of nitrogens with zero attached hydrogens (tertiary/aromatic N) is 1. The molecule has 4 nitrogen and oxygen atoms in total. The maximum absolute atomic E-state index is 11.7. The number of hydrogen-bond donors (Lipinski definition) is 1. The maximum Gasteiger partial charge on any atom is 0.350 e. The van der Waals surface area contributed by atoms with Gasteiger partial charge in [0.05, 0.1) is 18.3 Å². The highest BCUT2D eigenvalue weighted by atomic mass is 32.1. The molecule has 1 aromatic heterocycles. The highest BCUT2D eigenvalue weighted by molar-refractivity contribution is 7.13. The predicted octanol–water partition coefficient (Wildman–Crippen LogP) is 2.54. The monoisotopic (exact) mass is 256 g/mol. The number of carbonyl (C=O) groups is 1. The van der Waals surface area contributed by atoms with Crippen LogP contribution < -0.4 is 5.73 Å². The van der Waals surface area contributed by atoms with Crippen LogP contribution in [0.25, 0.3) is 0 Å². The van der Waals surface area contributed by atoms with Crippen LogP contribution in [0.15, 0.2) is 0 Å². The Kier molecular flexibility index (Phi) is 5.08. The van der Waals surface area contributed by atoms with Gasteiger partial charge in [-0.3, -0.25) is 0 Å². The SMILES string of the molecule is CCOC(=O)c1sc(C(N)C(C)C)nc1CC. The Labute approximate surface area is 106 Å². The molecule has 1 unspecified atom stereocenters. The molecule has 2 N–H and O–H groups in total. The van der Waals surface area contributed by atoms with Crippen LogP contribution in [0.1, 0.15) is 54.1 Å². The molecule has 0 radical (unpaired) electrons. The summed E-state index contributed by atoms with van der Waals surface area (Å²) in [4.78, 5) is 16.8. The molecule has 1 atom stereocenters. The number of rotatable bonds is 5. The first-order chi connectivity index (χ1) is 8.01. The van der Waals surface area contributed by atoms with Gasteiger partial charge in [0.15, 0.2) is 0 Å². The second-order valence-corrected chi connectivity index (χ2v) is 5.20. The van der Waals surface area contributed by atoms with Gasteiger partial charge in [-0.1, -0.05) is 20.8 Å². The van der Waals surface area contributed by atoms with E-state index in [2.05, 4.69) is 4.98 Å². The van der Waals surface area contributed by atoms with Crippen LogP contribution >= 0.6 is 11.3 Å².